The van der Waals surface area contributed by atoms with Crippen LogP contribution in [0.4, 0.5) is 5.69 Å². The first-order chi connectivity index (χ1) is 18.5. The Morgan fingerprint density at radius 2 is 1.92 bits per heavy atom. The maximum absolute atomic E-state index is 13.6. The molecule has 2 aromatic carbocycles. The van der Waals surface area contributed by atoms with Crippen LogP contribution in [0.3, 0.4) is 0 Å². The van der Waals surface area contributed by atoms with Gasteiger partial charge in [-0.2, -0.15) is 0 Å². The van der Waals surface area contributed by atoms with Gasteiger partial charge < -0.3 is 25.0 Å². The van der Waals surface area contributed by atoms with E-state index in [1.54, 1.807) is 29.2 Å². The van der Waals surface area contributed by atoms with Gasteiger partial charge in [0, 0.05) is 37.7 Å². The van der Waals surface area contributed by atoms with Gasteiger partial charge in [-0.3, -0.25) is 14.5 Å². The van der Waals surface area contributed by atoms with Crippen molar-refractivity contribution < 1.29 is 19.4 Å². The van der Waals surface area contributed by atoms with Crippen molar-refractivity contribution in [3.05, 3.63) is 57.6 Å². The first kappa shape index (κ1) is 31.2. The minimum Gasteiger partial charge on any atom is -0.488 e. The summed E-state index contributed by atoms with van der Waals surface area (Å²) in [5, 5.41) is 13.8. The number of nitrogens with one attached hydrogen (secondary N) is 1. The highest BCUT2D eigenvalue weighted by Gasteiger charge is 2.33. The third-order valence-corrected chi connectivity index (χ3v) is 7.62. The molecule has 2 aromatic rings. The molecule has 0 fully saturated rings. The maximum Gasteiger partial charge on any atom is 0.258 e. The molecular weight excluding hydrogens is 539 g/mol. The van der Waals surface area contributed by atoms with E-state index in [0.717, 1.165) is 18.5 Å². The van der Waals surface area contributed by atoms with Gasteiger partial charge in [0.25, 0.3) is 5.91 Å². The molecular formula is C29H40Cl2N4O4. The summed E-state index contributed by atoms with van der Waals surface area (Å²) < 4.78 is 6.47. The summed E-state index contributed by atoms with van der Waals surface area (Å²) in [6.45, 7) is 6.21. The minimum atomic E-state index is -0.371. The molecule has 1 aliphatic heterocycles. The van der Waals surface area contributed by atoms with Crippen LogP contribution in [0.5, 0.6) is 5.75 Å². The molecule has 1 aliphatic rings. The van der Waals surface area contributed by atoms with Gasteiger partial charge in [0.2, 0.25) is 5.91 Å². The molecule has 0 spiro atoms. The summed E-state index contributed by atoms with van der Waals surface area (Å²) in [6.07, 6.45) is 0.894. The summed E-state index contributed by atoms with van der Waals surface area (Å²) in [6, 6.07) is 10.4. The van der Waals surface area contributed by atoms with Gasteiger partial charge in [-0.05, 0) is 76.9 Å². The molecule has 0 aliphatic carbocycles. The number of carbonyl (C=O) groups is 2. The van der Waals surface area contributed by atoms with E-state index in [9.17, 15) is 14.7 Å². The Balaban J connectivity index is 1.82. The molecule has 3 atom stereocenters. The Labute approximate surface area is 241 Å². The first-order valence-corrected chi connectivity index (χ1v) is 14.0. The average Bonchev–Trinajstić information content (AvgIpc) is 2.88. The number of hydrogen-bond acceptors (Lipinski definition) is 6. The van der Waals surface area contributed by atoms with Gasteiger partial charge in [0.1, 0.15) is 11.9 Å². The van der Waals surface area contributed by atoms with E-state index in [0.29, 0.717) is 53.1 Å². The van der Waals surface area contributed by atoms with Crippen LogP contribution in [0.2, 0.25) is 10.0 Å². The fourth-order valence-electron chi connectivity index (χ4n) is 4.62. The van der Waals surface area contributed by atoms with Gasteiger partial charge in [-0.15, -0.1) is 0 Å². The van der Waals surface area contributed by atoms with Crippen LogP contribution in [0.1, 0.15) is 42.6 Å². The maximum atomic E-state index is 13.6. The van der Waals surface area contributed by atoms with Gasteiger partial charge in [-0.25, -0.2) is 0 Å². The second-order valence-electron chi connectivity index (χ2n) is 10.7. The molecule has 214 valence electrons. The Kier molecular flexibility index (Phi) is 11.4. The lowest BCUT2D eigenvalue weighted by atomic mass is 9.99. The zero-order valence-electron chi connectivity index (χ0n) is 23.4. The van der Waals surface area contributed by atoms with Crippen molar-refractivity contribution in [2.24, 2.45) is 5.92 Å². The van der Waals surface area contributed by atoms with Crippen LogP contribution in [-0.2, 0) is 11.3 Å². The molecule has 2 N–H and O–H groups in total. The Morgan fingerprint density at radius 1 is 1.18 bits per heavy atom. The van der Waals surface area contributed by atoms with E-state index in [1.165, 1.54) is 0 Å². The number of likely N-dealkylation sites (N-methyl/N-ethyl adjacent to an activating group) is 1. The average molecular weight is 580 g/mol. The van der Waals surface area contributed by atoms with Crippen molar-refractivity contribution in [3.63, 3.8) is 0 Å². The van der Waals surface area contributed by atoms with Crippen molar-refractivity contribution >= 4 is 40.7 Å². The molecule has 0 unspecified atom stereocenters. The number of carbonyl (C=O) groups excluding carboxylic acids is 2. The zero-order chi connectivity index (χ0) is 28.7. The molecule has 0 radical (unpaired) electrons. The smallest absolute Gasteiger partial charge is 0.258 e. The molecule has 2 amide bonds. The number of nitrogens with zero attached hydrogens (tertiary/aromatic N) is 3. The molecule has 0 bridgehead atoms. The molecule has 0 saturated heterocycles. The minimum absolute atomic E-state index is 0.0107. The summed E-state index contributed by atoms with van der Waals surface area (Å²) in [5.74, 6) is 0.111. The Morgan fingerprint density at radius 3 is 2.59 bits per heavy atom. The summed E-state index contributed by atoms with van der Waals surface area (Å²) in [5.41, 5.74) is 1.94. The van der Waals surface area contributed by atoms with Crippen LogP contribution in [0.25, 0.3) is 0 Å². The van der Waals surface area contributed by atoms with Gasteiger partial charge in [0.05, 0.1) is 28.3 Å². The molecule has 8 nitrogen and oxygen atoms in total. The van der Waals surface area contributed by atoms with Crippen molar-refractivity contribution in [1.82, 2.24) is 14.7 Å². The fraction of sp³-hybridized carbons (Fsp3) is 0.517. The number of rotatable bonds is 11. The zero-order valence-corrected chi connectivity index (χ0v) is 24.9. The molecule has 39 heavy (non-hydrogen) atoms. The van der Waals surface area contributed by atoms with Crippen molar-refractivity contribution in [2.75, 3.05) is 52.7 Å². The number of amides is 2. The standard InChI is InChI=1S/C29H40Cl2N4O4/c1-19-15-35(20(2)18-36)29(38)23-14-22(32-28(37)7-6-12-33(3)4)9-11-26(23)39-27(19)17-34(5)16-21-8-10-24(30)25(31)13-21/h8-11,13-14,19-20,27,36H,6-7,12,15-18H2,1-5H3,(H,32,37)/t19-,20+,27+/m1/s1. The predicted octanol–water partition coefficient (Wildman–Crippen LogP) is 4.63. The van der Waals surface area contributed by atoms with Crippen molar-refractivity contribution in [2.45, 2.75) is 45.4 Å². The summed E-state index contributed by atoms with van der Waals surface area (Å²) >= 11 is 12.3. The molecule has 3 rings (SSSR count). The quantitative estimate of drug-likeness (QED) is 0.404. The lowest BCUT2D eigenvalue weighted by molar-refractivity contribution is -0.116. The molecule has 1 heterocycles. The first-order valence-electron chi connectivity index (χ1n) is 13.3. The predicted molar refractivity (Wildman–Crippen MR) is 157 cm³/mol. The van der Waals surface area contributed by atoms with Crippen molar-refractivity contribution in [3.8, 4) is 5.75 Å². The number of ether oxygens (including phenoxy) is 1. The van der Waals surface area contributed by atoms with E-state index < -0.39 is 0 Å². The number of halogens is 2. The molecule has 10 heteroatoms. The van der Waals surface area contributed by atoms with Crippen LogP contribution in [0.15, 0.2) is 36.4 Å². The second-order valence-corrected chi connectivity index (χ2v) is 11.5. The van der Waals surface area contributed by atoms with E-state index in [-0.39, 0.29) is 36.5 Å². The largest absolute Gasteiger partial charge is 0.488 e. The topological polar surface area (TPSA) is 85.3 Å². The second kappa shape index (κ2) is 14.3. The van der Waals surface area contributed by atoms with E-state index >= 15 is 0 Å². The van der Waals surface area contributed by atoms with Crippen LogP contribution >= 0.6 is 23.2 Å². The number of benzene rings is 2. The van der Waals surface area contributed by atoms with Gasteiger partial charge in [0.15, 0.2) is 0 Å². The molecule has 0 aromatic heterocycles. The third kappa shape index (κ3) is 8.82. The highest BCUT2D eigenvalue weighted by atomic mass is 35.5. The van der Waals surface area contributed by atoms with Gasteiger partial charge in [-0.1, -0.05) is 36.2 Å². The van der Waals surface area contributed by atoms with Crippen LogP contribution in [0, 0.1) is 5.92 Å². The lowest BCUT2D eigenvalue weighted by Crippen LogP contribution is -2.49. The third-order valence-electron chi connectivity index (χ3n) is 6.89. The Bertz CT molecular complexity index is 1150. The highest BCUT2D eigenvalue weighted by molar-refractivity contribution is 6.42. The van der Waals surface area contributed by atoms with Gasteiger partial charge >= 0.3 is 0 Å². The summed E-state index contributed by atoms with van der Waals surface area (Å²) in [7, 11) is 5.94. The number of hydrogen-bond donors (Lipinski definition) is 2. The normalized spacial score (nSPS) is 18.4. The SMILES string of the molecule is C[C@@H]1CN([C@@H](C)CO)C(=O)c2cc(NC(=O)CCCN(C)C)ccc2O[C@H]1CN(C)Cc1ccc(Cl)c(Cl)c1. The van der Waals surface area contributed by atoms with E-state index in [1.807, 2.05) is 45.1 Å². The van der Waals surface area contributed by atoms with Crippen molar-refractivity contribution in [1.29, 1.82) is 0 Å². The van der Waals surface area contributed by atoms with E-state index in [2.05, 4.69) is 17.1 Å². The van der Waals surface area contributed by atoms with Crippen LogP contribution < -0.4 is 10.1 Å². The lowest BCUT2D eigenvalue weighted by Gasteiger charge is -2.38. The monoisotopic (exact) mass is 578 g/mol. The van der Waals surface area contributed by atoms with E-state index in [4.69, 9.17) is 27.9 Å². The number of aliphatic hydroxyl groups excluding tert-OH is 1. The molecule has 0 saturated carbocycles. The fourth-order valence-corrected chi connectivity index (χ4v) is 4.94. The number of fused-ring (bicyclic) bond motifs is 1. The summed E-state index contributed by atoms with van der Waals surface area (Å²) in [4.78, 5) is 32.0. The number of aliphatic hydroxyl groups is 1. The number of anilines is 1. The highest BCUT2D eigenvalue weighted by Crippen LogP contribution is 2.31. The van der Waals surface area contributed by atoms with Crippen LogP contribution in [-0.4, -0.2) is 91.2 Å². The Hall–Kier alpha value is -2.36.